The van der Waals surface area contributed by atoms with Crippen LogP contribution in [-0.4, -0.2) is 46.5 Å². The van der Waals surface area contributed by atoms with Crippen molar-refractivity contribution in [1.82, 2.24) is 24.4 Å². The highest BCUT2D eigenvalue weighted by Crippen LogP contribution is 2.28. The highest BCUT2D eigenvalue weighted by Gasteiger charge is 2.28. The first kappa shape index (κ1) is 16.0. The van der Waals surface area contributed by atoms with Crippen molar-refractivity contribution in [2.24, 2.45) is 0 Å². The summed E-state index contributed by atoms with van der Waals surface area (Å²) in [7, 11) is 0. The molecule has 0 aliphatic heterocycles. The molecule has 0 aromatic carbocycles. The number of imidazole rings is 1. The molecule has 0 amide bonds. The van der Waals surface area contributed by atoms with Gasteiger partial charge < -0.3 is 10.2 Å². The van der Waals surface area contributed by atoms with E-state index in [1.807, 2.05) is 0 Å². The Morgan fingerprint density at radius 1 is 1.25 bits per heavy atom. The van der Waals surface area contributed by atoms with E-state index in [2.05, 4.69) is 31.2 Å². The van der Waals surface area contributed by atoms with Gasteiger partial charge in [0.2, 0.25) is 0 Å². The van der Waals surface area contributed by atoms with Gasteiger partial charge >= 0.3 is 11.9 Å². The summed E-state index contributed by atoms with van der Waals surface area (Å²) in [4.78, 5) is 26.3. The van der Waals surface area contributed by atoms with Crippen LogP contribution in [0.4, 0.5) is 8.78 Å². The molecule has 0 aliphatic carbocycles. The van der Waals surface area contributed by atoms with E-state index in [0.717, 1.165) is 6.07 Å². The topological polar surface area (TPSA) is 123 Å². The van der Waals surface area contributed by atoms with E-state index >= 15 is 0 Å². The summed E-state index contributed by atoms with van der Waals surface area (Å²) in [6.07, 6.45) is -0.630. The summed E-state index contributed by atoms with van der Waals surface area (Å²) in [6, 6.07) is 1.06. The largest absolute Gasteiger partial charge is 0.478 e. The molecule has 0 radical (unpaired) electrons. The zero-order valence-electron chi connectivity index (χ0n) is 11.4. The molecule has 0 aliphatic rings. The number of aromatic nitrogens is 5. The third-order valence-electron chi connectivity index (χ3n) is 3.13. The fourth-order valence-electron chi connectivity index (χ4n) is 2.13. The lowest BCUT2D eigenvalue weighted by atomic mass is 10.2. The second kappa shape index (κ2) is 5.63. The van der Waals surface area contributed by atoms with Gasteiger partial charge in [-0.05, 0) is 22.0 Å². The molecule has 2 N–H and O–H groups in total. The number of carboxylic acids is 2. The number of nitrogens with zero attached hydrogens (tertiary/aromatic N) is 5. The molecule has 124 valence electrons. The summed E-state index contributed by atoms with van der Waals surface area (Å²) in [5.41, 5.74) is -2.17. The van der Waals surface area contributed by atoms with Crippen molar-refractivity contribution in [3.05, 3.63) is 40.0 Å². The van der Waals surface area contributed by atoms with Gasteiger partial charge in [0, 0.05) is 6.20 Å². The average Bonchev–Trinajstić information content (AvgIpc) is 3.11. The van der Waals surface area contributed by atoms with Crippen LogP contribution in [0.25, 0.3) is 11.3 Å². The highest BCUT2D eigenvalue weighted by molar-refractivity contribution is 9.10. The molecule has 0 fully saturated rings. The van der Waals surface area contributed by atoms with Crippen LogP contribution in [0.3, 0.4) is 0 Å². The summed E-state index contributed by atoms with van der Waals surface area (Å²) >= 11 is 3.15. The van der Waals surface area contributed by atoms with Crippen LogP contribution in [0, 0.1) is 0 Å². The van der Waals surface area contributed by atoms with Gasteiger partial charge in [-0.15, -0.1) is 5.10 Å². The number of aromatic carboxylic acids is 2. The third-order valence-corrected chi connectivity index (χ3v) is 3.72. The van der Waals surface area contributed by atoms with Crippen molar-refractivity contribution in [2.75, 3.05) is 0 Å². The van der Waals surface area contributed by atoms with Gasteiger partial charge in [0.15, 0.2) is 11.3 Å². The maximum atomic E-state index is 13.3. The number of carbonyl (C=O) groups is 2. The molecule has 0 atom stereocenters. The summed E-state index contributed by atoms with van der Waals surface area (Å²) < 4.78 is 28.9. The maximum Gasteiger partial charge on any atom is 0.358 e. The normalized spacial score (nSPS) is 11.3. The Labute approximate surface area is 139 Å². The van der Waals surface area contributed by atoms with Crippen molar-refractivity contribution >= 4 is 33.5 Å². The monoisotopic (exact) mass is 401 g/mol. The van der Waals surface area contributed by atoms with Crippen molar-refractivity contribution in [1.29, 1.82) is 0 Å². The number of hydrogen-bond acceptors (Lipinski definition) is 5. The van der Waals surface area contributed by atoms with Gasteiger partial charge in [-0.1, -0.05) is 5.21 Å². The van der Waals surface area contributed by atoms with Gasteiger partial charge in [0.1, 0.15) is 16.0 Å². The Kier molecular flexibility index (Phi) is 3.75. The van der Waals surface area contributed by atoms with Gasteiger partial charge in [0.25, 0.3) is 6.43 Å². The molecule has 3 aromatic heterocycles. The molecule has 9 nitrogen and oxygen atoms in total. The van der Waals surface area contributed by atoms with E-state index in [0.29, 0.717) is 9.28 Å². The molecule has 12 heteroatoms. The Bertz CT molecular complexity index is 983. The van der Waals surface area contributed by atoms with Crippen LogP contribution < -0.4 is 0 Å². The smallest absolute Gasteiger partial charge is 0.358 e. The predicted octanol–water partition coefficient (Wildman–Crippen LogP) is 2.01. The SMILES string of the molecule is O=C(O)c1cc(-n2nnc(C(=O)O)c2C(F)F)c2ncc(Br)n2c1. The minimum atomic E-state index is -3.20. The lowest BCUT2D eigenvalue weighted by molar-refractivity contribution is 0.0672. The first-order chi connectivity index (χ1) is 11.3. The van der Waals surface area contributed by atoms with Gasteiger partial charge in [-0.25, -0.2) is 28.0 Å². The summed E-state index contributed by atoms with van der Waals surface area (Å²) in [6.45, 7) is 0. The maximum absolute atomic E-state index is 13.3. The molecule has 0 spiro atoms. The molecular weight excluding hydrogens is 396 g/mol. The van der Waals surface area contributed by atoms with E-state index in [4.69, 9.17) is 5.11 Å². The molecule has 3 aromatic rings. The van der Waals surface area contributed by atoms with Crippen LogP contribution >= 0.6 is 15.9 Å². The summed E-state index contributed by atoms with van der Waals surface area (Å²) in [5, 5.41) is 24.8. The highest BCUT2D eigenvalue weighted by atomic mass is 79.9. The lowest BCUT2D eigenvalue weighted by Gasteiger charge is -2.09. The Balaban J connectivity index is 2.38. The quantitative estimate of drug-likeness (QED) is 0.685. The first-order valence-electron chi connectivity index (χ1n) is 6.18. The molecule has 0 saturated carbocycles. The molecule has 3 rings (SSSR count). The number of rotatable bonds is 4. The molecule has 0 unspecified atom stereocenters. The first-order valence-corrected chi connectivity index (χ1v) is 6.98. The fraction of sp³-hybridized carbons (Fsp3) is 0.0833. The van der Waals surface area contributed by atoms with E-state index in [1.54, 1.807) is 0 Å². The number of hydrogen-bond donors (Lipinski definition) is 2. The minimum Gasteiger partial charge on any atom is -0.478 e. The van der Waals surface area contributed by atoms with Crippen molar-refractivity contribution in [2.45, 2.75) is 6.43 Å². The fourth-order valence-corrected chi connectivity index (χ4v) is 2.50. The van der Waals surface area contributed by atoms with Crippen molar-refractivity contribution in [3.63, 3.8) is 0 Å². The van der Waals surface area contributed by atoms with E-state index < -0.39 is 29.8 Å². The number of halogens is 3. The van der Waals surface area contributed by atoms with Crippen molar-refractivity contribution < 1.29 is 28.6 Å². The van der Waals surface area contributed by atoms with Crippen LogP contribution in [-0.2, 0) is 0 Å². The van der Waals surface area contributed by atoms with Crippen LogP contribution in [0.5, 0.6) is 0 Å². The van der Waals surface area contributed by atoms with E-state index in [-0.39, 0.29) is 16.9 Å². The van der Waals surface area contributed by atoms with E-state index in [1.165, 1.54) is 16.8 Å². The Morgan fingerprint density at radius 2 is 1.96 bits per heavy atom. The number of pyridine rings is 1. The standard InChI is InChI=1S/C12H6BrF2N5O4/c13-6-2-16-10-5(1-4(11(21)22)3-19(6)10)20-8(9(14)15)7(12(23)24)17-18-20/h1-3,9H,(H,21,22)(H,23,24). The number of carboxylic acid groups (broad SMARTS) is 2. The molecule has 3 heterocycles. The van der Waals surface area contributed by atoms with Crippen LogP contribution in [0.15, 0.2) is 23.1 Å². The number of fused-ring (bicyclic) bond motifs is 1. The Morgan fingerprint density at radius 3 is 2.54 bits per heavy atom. The zero-order chi connectivity index (χ0) is 17.6. The summed E-state index contributed by atoms with van der Waals surface area (Å²) in [5.74, 6) is -2.98. The molecular formula is C12H6BrF2N5O4. The number of alkyl halides is 2. The van der Waals surface area contributed by atoms with Gasteiger partial charge in [0.05, 0.1) is 11.8 Å². The van der Waals surface area contributed by atoms with E-state index in [9.17, 15) is 23.5 Å². The van der Waals surface area contributed by atoms with Crippen LogP contribution in [0.2, 0.25) is 0 Å². The molecule has 24 heavy (non-hydrogen) atoms. The van der Waals surface area contributed by atoms with Crippen molar-refractivity contribution in [3.8, 4) is 5.69 Å². The third kappa shape index (κ3) is 2.40. The lowest BCUT2D eigenvalue weighted by Crippen LogP contribution is -2.10. The zero-order valence-corrected chi connectivity index (χ0v) is 13.0. The minimum absolute atomic E-state index is 0.0932. The average molecular weight is 402 g/mol. The molecule has 0 saturated heterocycles. The van der Waals surface area contributed by atoms with Crippen LogP contribution in [0.1, 0.15) is 33.0 Å². The van der Waals surface area contributed by atoms with Gasteiger partial charge in [-0.3, -0.25) is 4.40 Å². The second-order valence-electron chi connectivity index (χ2n) is 4.53. The van der Waals surface area contributed by atoms with Gasteiger partial charge in [-0.2, -0.15) is 0 Å². The molecule has 0 bridgehead atoms. The Hall–Kier alpha value is -2.89. The second-order valence-corrected chi connectivity index (χ2v) is 5.35. The predicted molar refractivity (Wildman–Crippen MR) is 76.7 cm³/mol.